The van der Waals surface area contributed by atoms with Crippen LogP contribution in [0.2, 0.25) is 0 Å². The van der Waals surface area contributed by atoms with Gasteiger partial charge in [0.05, 0.1) is 24.4 Å². The summed E-state index contributed by atoms with van der Waals surface area (Å²) in [5, 5.41) is 0. The fourth-order valence-corrected chi connectivity index (χ4v) is 6.16. The summed E-state index contributed by atoms with van der Waals surface area (Å²) < 4.78 is 11.4. The molecule has 4 rings (SSSR count). The van der Waals surface area contributed by atoms with E-state index in [9.17, 15) is 0 Å². The SMILES string of the molecule is CC(C)(CCC1CCC2OC2C1)CC(C)(C)CCC1CCC2OC2C1. The minimum atomic E-state index is 0.474. The minimum Gasteiger partial charge on any atom is -0.370 e. The van der Waals surface area contributed by atoms with Gasteiger partial charge in [-0.25, -0.2) is 0 Å². The van der Waals surface area contributed by atoms with Gasteiger partial charge in [0.2, 0.25) is 0 Å². The van der Waals surface area contributed by atoms with Crippen molar-refractivity contribution in [2.45, 2.75) is 123 Å². The Labute approximate surface area is 155 Å². The van der Waals surface area contributed by atoms with E-state index in [1.165, 1.54) is 70.6 Å². The zero-order valence-electron chi connectivity index (χ0n) is 17.1. The van der Waals surface area contributed by atoms with E-state index in [1.54, 1.807) is 0 Å². The first-order valence-electron chi connectivity index (χ1n) is 11.1. The summed E-state index contributed by atoms with van der Waals surface area (Å²) >= 11 is 0. The van der Waals surface area contributed by atoms with E-state index in [0.717, 1.165) is 11.8 Å². The molecule has 0 radical (unpaired) electrons. The molecule has 2 aliphatic heterocycles. The first kappa shape index (κ1) is 18.3. The van der Waals surface area contributed by atoms with Crippen molar-refractivity contribution in [1.29, 1.82) is 0 Å². The van der Waals surface area contributed by atoms with Crippen molar-refractivity contribution in [2.75, 3.05) is 0 Å². The third-order valence-corrected chi connectivity index (χ3v) is 7.64. The highest BCUT2D eigenvalue weighted by molar-refractivity contribution is 4.93. The highest BCUT2D eigenvalue weighted by atomic mass is 16.6. The Balaban J connectivity index is 1.18. The quantitative estimate of drug-likeness (QED) is 0.493. The van der Waals surface area contributed by atoms with Crippen LogP contribution in [0.5, 0.6) is 0 Å². The summed E-state index contributed by atoms with van der Waals surface area (Å²) in [6.07, 6.45) is 17.7. The van der Waals surface area contributed by atoms with E-state index >= 15 is 0 Å². The lowest BCUT2D eigenvalue weighted by Gasteiger charge is -2.37. The van der Waals surface area contributed by atoms with Crippen molar-refractivity contribution < 1.29 is 9.47 Å². The summed E-state index contributed by atoms with van der Waals surface area (Å²) in [5.41, 5.74) is 0.948. The molecule has 0 N–H and O–H groups in total. The van der Waals surface area contributed by atoms with Crippen molar-refractivity contribution >= 4 is 0 Å². The molecule has 4 aliphatic rings. The lowest BCUT2D eigenvalue weighted by Crippen LogP contribution is -2.26. The summed E-state index contributed by atoms with van der Waals surface area (Å²) in [4.78, 5) is 0. The van der Waals surface area contributed by atoms with Gasteiger partial charge in [-0.2, -0.15) is 0 Å². The average Bonchev–Trinajstić information content (AvgIpc) is 3.42. The Morgan fingerprint density at radius 2 is 1.08 bits per heavy atom. The molecule has 144 valence electrons. The van der Waals surface area contributed by atoms with E-state index in [-0.39, 0.29) is 0 Å². The monoisotopic (exact) mass is 348 g/mol. The maximum atomic E-state index is 5.71. The van der Waals surface area contributed by atoms with Crippen molar-refractivity contribution in [1.82, 2.24) is 0 Å². The number of fused-ring (bicyclic) bond motifs is 2. The lowest BCUT2D eigenvalue weighted by molar-refractivity contribution is 0.146. The van der Waals surface area contributed by atoms with Gasteiger partial charge in [-0.1, -0.05) is 27.7 Å². The maximum absolute atomic E-state index is 5.71. The van der Waals surface area contributed by atoms with Crippen molar-refractivity contribution in [3.8, 4) is 0 Å². The molecule has 6 atom stereocenters. The molecule has 2 heteroatoms. The van der Waals surface area contributed by atoms with Crippen LogP contribution in [0.15, 0.2) is 0 Å². The van der Waals surface area contributed by atoms with Gasteiger partial charge in [-0.05, 0) is 93.3 Å². The van der Waals surface area contributed by atoms with E-state index in [1.807, 2.05) is 0 Å². The number of hydrogen-bond acceptors (Lipinski definition) is 2. The fraction of sp³-hybridized carbons (Fsp3) is 1.00. The summed E-state index contributed by atoms with van der Waals surface area (Å²) in [5.74, 6) is 1.86. The van der Waals surface area contributed by atoms with Crippen molar-refractivity contribution in [3.63, 3.8) is 0 Å². The minimum absolute atomic E-state index is 0.474. The number of hydrogen-bond donors (Lipinski definition) is 0. The van der Waals surface area contributed by atoms with Gasteiger partial charge in [-0.3, -0.25) is 0 Å². The normalized spacial score (nSPS) is 40.3. The van der Waals surface area contributed by atoms with Crippen LogP contribution in [-0.2, 0) is 9.47 Å². The van der Waals surface area contributed by atoms with E-state index in [0.29, 0.717) is 35.2 Å². The van der Waals surface area contributed by atoms with Gasteiger partial charge in [0.25, 0.3) is 0 Å². The van der Waals surface area contributed by atoms with Gasteiger partial charge < -0.3 is 9.47 Å². The van der Waals surface area contributed by atoms with Crippen LogP contribution in [0.3, 0.4) is 0 Å². The highest BCUT2D eigenvalue weighted by Crippen LogP contribution is 2.46. The summed E-state index contributed by atoms with van der Waals surface area (Å²) in [6.45, 7) is 10.0. The number of ether oxygens (including phenoxy) is 2. The van der Waals surface area contributed by atoms with Gasteiger partial charge in [0.1, 0.15) is 0 Å². The smallest absolute Gasteiger partial charge is 0.0844 e. The van der Waals surface area contributed by atoms with Crippen molar-refractivity contribution in [3.05, 3.63) is 0 Å². The summed E-state index contributed by atoms with van der Waals surface area (Å²) in [7, 11) is 0. The molecular weight excluding hydrogens is 308 g/mol. The molecule has 4 fully saturated rings. The zero-order valence-corrected chi connectivity index (χ0v) is 17.1. The average molecular weight is 349 g/mol. The van der Waals surface area contributed by atoms with Crippen molar-refractivity contribution in [2.24, 2.45) is 22.7 Å². The molecule has 2 saturated carbocycles. The van der Waals surface area contributed by atoms with Crippen LogP contribution < -0.4 is 0 Å². The van der Waals surface area contributed by atoms with Gasteiger partial charge in [0.15, 0.2) is 0 Å². The standard InChI is InChI=1S/C23H40O2/c1-22(2,11-9-16-5-7-18-20(13-16)24-18)15-23(3,4)12-10-17-6-8-19-21(14-17)25-19/h16-21H,5-15H2,1-4H3. The van der Waals surface area contributed by atoms with Gasteiger partial charge >= 0.3 is 0 Å². The number of epoxide rings is 2. The Bertz CT molecular complexity index is 427. The first-order chi connectivity index (χ1) is 11.8. The lowest BCUT2D eigenvalue weighted by atomic mass is 9.68. The second-order valence-corrected chi connectivity index (χ2v) is 11.4. The molecule has 2 saturated heterocycles. The molecule has 2 aliphatic carbocycles. The highest BCUT2D eigenvalue weighted by Gasteiger charge is 2.45. The fourth-order valence-electron chi connectivity index (χ4n) is 6.16. The maximum Gasteiger partial charge on any atom is 0.0844 e. The van der Waals surface area contributed by atoms with Crippen LogP contribution >= 0.6 is 0 Å². The van der Waals surface area contributed by atoms with Crippen LogP contribution in [0, 0.1) is 22.7 Å². The van der Waals surface area contributed by atoms with Gasteiger partial charge in [-0.15, -0.1) is 0 Å². The molecule has 25 heavy (non-hydrogen) atoms. The Morgan fingerprint density at radius 3 is 1.48 bits per heavy atom. The molecule has 0 aromatic rings. The molecule has 0 spiro atoms. The molecular formula is C23H40O2. The molecule has 0 aromatic carbocycles. The molecule has 2 heterocycles. The van der Waals surface area contributed by atoms with E-state index in [2.05, 4.69) is 27.7 Å². The number of rotatable bonds is 8. The van der Waals surface area contributed by atoms with Crippen LogP contribution in [0.1, 0.15) is 98.3 Å². The molecule has 6 unspecified atom stereocenters. The molecule has 0 amide bonds. The van der Waals surface area contributed by atoms with Gasteiger partial charge in [0, 0.05) is 0 Å². The van der Waals surface area contributed by atoms with E-state index in [4.69, 9.17) is 9.47 Å². The predicted octanol–water partition coefficient (Wildman–Crippen LogP) is 6.12. The second-order valence-electron chi connectivity index (χ2n) is 11.4. The topological polar surface area (TPSA) is 25.1 Å². The Morgan fingerprint density at radius 1 is 0.640 bits per heavy atom. The van der Waals surface area contributed by atoms with Crippen LogP contribution in [0.25, 0.3) is 0 Å². The molecule has 0 bridgehead atoms. The molecule has 2 nitrogen and oxygen atoms in total. The Kier molecular flexibility index (Phi) is 4.99. The van der Waals surface area contributed by atoms with Crippen LogP contribution in [-0.4, -0.2) is 24.4 Å². The Hall–Kier alpha value is -0.0800. The second kappa shape index (κ2) is 6.82. The summed E-state index contributed by atoms with van der Waals surface area (Å²) in [6, 6.07) is 0. The third kappa shape index (κ3) is 5.01. The van der Waals surface area contributed by atoms with Crippen LogP contribution in [0.4, 0.5) is 0 Å². The molecule has 0 aromatic heterocycles. The largest absolute Gasteiger partial charge is 0.370 e. The zero-order chi connectivity index (χ0) is 17.7. The van der Waals surface area contributed by atoms with E-state index < -0.39 is 0 Å². The first-order valence-corrected chi connectivity index (χ1v) is 11.1. The predicted molar refractivity (Wildman–Crippen MR) is 103 cm³/mol. The third-order valence-electron chi connectivity index (χ3n) is 7.64.